The molecule has 0 aromatic heterocycles. The number of terminal acetylenes is 1. The third-order valence-corrected chi connectivity index (χ3v) is 4.14. The molecule has 2 aliphatic heterocycles. The number of likely N-dealkylation sites (tertiary alicyclic amines) is 1. The topological polar surface area (TPSA) is 32.8 Å². The van der Waals surface area contributed by atoms with Crippen LogP contribution in [0.15, 0.2) is 24.3 Å². The summed E-state index contributed by atoms with van der Waals surface area (Å²) in [5, 5.41) is 0. The number of carbonyl (C=O) groups is 1. The Labute approximate surface area is 125 Å². The fourth-order valence-electron chi connectivity index (χ4n) is 2.89. The molecule has 21 heavy (non-hydrogen) atoms. The zero-order chi connectivity index (χ0) is 14.7. The lowest BCUT2D eigenvalue weighted by Crippen LogP contribution is -2.36. The Morgan fingerprint density at radius 2 is 1.95 bits per heavy atom. The Morgan fingerprint density at radius 1 is 1.24 bits per heavy atom. The van der Waals surface area contributed by atoms with Crippen LogP contribution in [-0.4, -0.2) is 43.7 Å². The molecule has 2 heterocycles. The van der Waals surface area contributed by atoms with Crippen molar-refractivity contribution in [1.29, 1.82) is 0 Å². The number of anilines is 1. The SMILES string of the molecule is C#CC1CC(=O)N(Cc2ccc(N3CCOCC3)cc2)C1. The van der Waals surface area contributed by atoms with Crippen LogP contribution in [0.1, 0.15) is 12.0 Å². The van der Waals surface area contributed by atoms with Crippen LogP contribution >= 0.6 is 0 Å². The fourth-order valence-corrected chi connectivity index (χ4v) is 2.89. The van der Waals surface area contributed by atoms with Crippen LogP contribution in [0.2, 0.25) is 0 Å². The average Bonchev–Trinajstić information content (AvgIpc) is 2.89. The smallest absolute Gasteiger partial charge is 0.224 e. The van der Waals surface area contributed by atoms with E-state index in [1.165, 1.54) is 5.69 Å². The number of carbonyl (C=O) groups excluding carboxylic acids is 1. The summed E-state index contributed by atoms with van der Waals surface area (Å²) in [6, 6.07) is 8.45. The van der Waals surface area contributed by atoms with E-state index >= 15 is 0 Å². The van der Waals surface area contributed by atoms with Gasteiger partial charge in [-0.25, -0.2) is 0 Å². The summed E-state index contributed by atoms with van der Waals surface area (Å²) in [6.45, 7) is 4.79. The van der Waals surface area contributed by atoms with Crippen molar-refractivity contribution >= 4 is 11.6 Å². The molecule has 0 N–H and O–H groups in total. The van der Waals surface area contributed by atoms with Gasteiger partial charge in [0.25, 0.3) is 0 Å². The van der Waals surface area contributed by atoms with E-state index in [0.717, 1.165) is 31.9 Å². The van der Waals surface area contributed by atoms with Crippen molar-refractivity contribution in [2.75, 3.05) is 37.7 Å². The number of hydrogen-bond donors (Lipinski definition) is 0. The highest BCUT2D eigenvalue weighted by Crippen LogP contribution is 2.21. The summed E-state index contributed by atoms with van der Waals surface area (Å²) in [5.74, 6) is 2.92. The number of nitrogens with zero attached hydrogens (tertiary/aromatic N) is 2. The van der Waals surface area contributed by atoms with Crippen LogP contribution < -0.4 is 4.90 Å². The number of morpholine rings is 1. The van der Waals surface area contributed by atoms with Gasteiger partial charge in [-0.05, 0) is 17.7 Å². The van der Waals surface area contributed by atoms with E-state index in [1.54, 1.807) is 0 Å². The summed E-state index contributed by atoms with van der Waals surface area (Å²) in [6.07, 6.45) is 5.90. The molecule has 3 rings (SSSR count). The molecule has 4 heteroatoms. The Balaban J connectivity index is 1.62. The van der Waals surface area contributed by atoms with Crippen LogP contribution in [-0.2, 0) is 16.1 Å². The average molecular weight is 284 g/mol. The van der Waals surface area contributed by atoms with E-state index in [4.69, 9.17) is 11.2 Å². The first-order valence-electron chi connectivity index (χ1n) is 7.42. The minimum atomic E-state index is 0.0742. The Morgan fingerprint density at radius 3 is 2.57 bits per heavy atom. The van der Waals surface area contributed by atoms with Gasteiger partial charge in [0, 0.05) is 44.2 Å². The third-order valence-electron chi connectivity index (χ3n) is 4.14. The summed E-state index contributed by atoms with van der Waals surface area (Å²) in [4.78, 5) is 16.0. The molecule has 2 aliphatic rings. The number of hydrogen-bond acceptors (Lipinski definition) is 3. The van der Waals surface area contributed by atoms with Gasteiger partial charge in [-0.15, -0.1) is 12.3 Å². The maximum Gasteiger partial charge on any atom is 0.224 e. The second kappa shape index (κ2) is 6.19. The van der Waals surface area contributed by atoms with E-state index in [9.17, 15) is 4.79 Å². The van der Waals surface area contributed by atoms with Crippen molar-refractivity contribution in [3.63, 3.8) is 0 Å². The summed E-state index contributed by atoms with van der Waals surface area (Å²) >= 11 is 0. The number of rotatable bonds is 3. The molecule has 2 fully saturated rings. The molecule has 0 bridgehead atoms. The van der Waals surface area contributed by atoms with Crippen LogP contribution in [0, 0.1) is 18.3 Å². The van der Waals surface area contributed by atoms with Crippen molar-refractivity contribution in [2.24, 2.45) is 5.92 Å². The van der Waals surface area contributed by atoms with Crippen molar-refractivity contribution in [1.82, 2.24) is 4.90 Å². The highest BCUT2D eigenvalue weighted by molar-refractivity contribution is 5.79. The zero-order valence-corrected chi connectivity index (χ0v) is 12.1. The molecule has 0 saturated carbocycles. The Hall–Kier alpha value is -1.99. The number of amides is 1. The standard InChI is InChI=1S/C17H20N2O2/c1-2-14-11-17(20)19(12-14)13-15-3-5-16(6-4-15)18-7-9-21-10-8-18/h1,3-6,14H,7-13H2. The molecule has 0 spiro atoms. The maximum atomic E-state index is 11.9. The van der Waals surface area contributed by atoms with E-state index in [-0.39, 0.29) is 11.8 Å². The van der Waals surface area contributed by atoms with Gasteiger partial charge < -0.3 is 14.5 Å². The van der Waals surface area contributed by atoms with Crippen molar-refractivity contribution in [2.45, 2.75) is 13.0 Å². The normalized spacial score (nSPS) is 22.4. The molecule has 2 saturated heterocycles. The monoisotopic (exact) mass is 284 g/mol. The molecule has 0 radical (unpaired) electrons. The van der Waals surface area contributed by atoms with Gasteiger partial charge in [0.1, 0.15) is 0 Å². The first-order valence-corrected chi connectivity index (χ1v) is 7.42. The number of benzene rings is 1. The van der Waals surface area contributed by atoms with E-state index in [2.05, 4.69) is 35.1 Å². The molecule has 1 aromatic carbocycles. The highest BCUT2D eigenvalue weighted by Gasteiger charge is 2.27. The number of ether oxygens (including phenoxy) is 1. The van der Waals surface area contributed by atoms with Gasteiger partial charge in [-0.3, -0.25) is 4.79 Å². The molecule has 4 nitrogen and oxygen atoms in total. The zero-order valence-electron chi connectivity index (χ0n) is 12.1. The van der Waals surface area contributed by atoms with E-state index in [0.29, 0.717) is 19.5 Å². The van der Waals surface area contributed by atoms with Crippen molar-refractivity contribution in [3.05, 3.63) is 29.8 Å². The lowest BCUT2D eigenvalue weighted by Gasteiger charge is -2.29. The minimum Gasteiger partial charge on any atom is -0.378 e. The Kier molecular flexibility index (Phi) is 4.12. The quantitative estimate of drug-likeness (QED) is 0.789. The van der Waals surface area contributed by atoms with Gasteiger partial charge in [0.2, 0.25) is 5.91 Å². The Bertz CT molecular complexity index is 541. The largest absolute Gasteiger partial charge is 0.378 e. The first-order chi connectivity index (χ1) is 10.3. The third kappa shape index (κ3) is 3.20. The fraction of sp³-hybridized carbons (Fsp3) is 0.471. The van der Waals surface area contributed by atoms with E-state index < -0.39 is 0 Å². The lowest BCUT2D eigenvalue weighted by molar-refractivity contribution is -0.128. The van der Waals surface area contributed by atoms with Gasteiger partial charge in [-0.2, -0.15) is 0 Å². The van der Waals surface area contributed by atoms with Crippen LogP contribution in [0.5, 0.6) is 0 Å². The summed E-state index contributed by atoms with van der Waals surface area (Å²) in [7, 11) is 0. The summed E-state index contributed by atoms with van der Waals surface area (Å²) in [5.41, 5.74) is 2.37. The molecular formula is C17H20N2O2. The second-order valence-electron chi connectivity index (χ2n) is 5.61. The summed E-state index contributed by atoms with van der Waals surface area (Å²) < 4.78 is 5.36. The molecule has 1 aromatic rings. The van der Waals surface area contributed by atoms with Gasteiger partial charge >= 0.3 is 0 Å². The van der Waals surface area contributed by atoms with Crippen molar-refractivity contribution < 1.29 is 9.53 Å². The molecule has 0 aliphatic carbocycles. The minimum absolute atomic E-state index is 0.0742. The molecule has 1 unspecified atom stereocenters. The molecular weight excluding hydrogens is 264 g/mol. The van der Waals surface area contributed by atoms with Gasteiger partial charge in [0.05, 0.1) is 13.2 Å². The highest BCUT2D eigenvalue weighted by atomic mass is 16.5. The molecule has 1 atom stereocenters. The molecule has 110 valence electrons. The van der Waals surface area contributed by atoms with Crippen molar-refractivity contribution in [3.8, 4) is 12.3 Å². The van der Waals surface area contributed by atoms with Gasteiger partial charge in [0.15, 0.2) is 0 Å². The first kappa shape index (κ1) is 14.0. The van der Waals surface area contributed by atoms with Crippen LogP contribution in [0.3, 0.4) is 0 Å². The molecule has 1 amide bonds. The van der Waals surface area contributed by atoms with Gasteiger partial charge in [-0.1, -0.05) is 12.1 Å². The van der Waals surface area contributed by atoms with Crippen LogP contribution in [0.25, 0.3) is 0 Å². The maximum absolute atomic E-state index is 11.9. The lowest BCUT2D eigenvalue weighted by atomic mass is 10.1. The van der Waals surface area contributed by atoms with Crippen LogP contribution in [0.4, 0.5) is 5.69 Å². The van der Waals surface area contributed by atoms with E-state index in [1.807, 2.05) is 4.90 Å². The second-order valence-corrected chi connectivity index (χ2v) is 5.61. The predicted molar refractivity (Wildman–Crippen MR) is 81.8 cm³/mol. The predicted octanol–water partition coefficient (Wildman–Crippen LogP) is 1.50.